The normalized spacial score (nSPS) is 21.1. The van der Waals surface area contributed by atoms with Crippen LogP contribution in [-0.4, -0.2) is 69.9 Å². The quantitative estimate of drug-likeness (QED) is 0.151. The van der Waals surface area contributed by atoms with Gasteiger partial charge in [0.05, 0.1) is 0 Å². The fourth-order valence-electron chi connectivity index (χ4n) is 10.1. The summed E-state index contributed by atoms with van der Waals surface area (Å²) in [5.74, 6) is 0. The van der Waals surface area contributed by atoms with Crippen LogP contribution in [-0.2, 0) is 51.9 Å². The van der Waals surface area contributed by atoms with Crippen molar-refractivity contribution in [2.75, 3.05) is 26.2 Å². The molecule has 4 nitrogen and oxygen atoms in total. The molecule has 0 spiro atoms. The molecule has 324 valence electrons. The Bertz CT molecular complexity index is 2080. The predicted molar refractivity (Wildman–Crippen MR) is 276 cm³/mol. The maximum absolute atomic E-state index is 3.64. The van der Waals surface area contributed by atoms with Gasteiger partial charge in [0.15, 0.2) is 0 Å². The molecule has 0 radical (unpaired) electrons. The highest BCUT2D eigenvalue weighted by atomic mass is 79.9. The monoisotopic (exact) mass is 1120 g/mol. The van der Waals surface area contributed by atoms with Gasteiger partial charge in [-0.3, -0.25) is 19.6 Å². The number of fused-ring (bicyclic) bond motifs is 4. The first-order valence-corrected chi connectivity index (χ1v) is 24.5. The van der Waals surface area contributed by atoms with Crippen molar-refractivity contribution in [3.05, 3.63) is 208 Å². The molecule has 2 fully saturated rings. The molecular formula is C52H54Br4Cl2N4. The van der Waals surface area contributed by atoms with Gasteiger partial charge in [-0.2, -0.15) is 0 Å². The third-order valence-corrected chi connectivity index (χ3v) is 15.0. The van der Waals surface area contributed by atoms with Crippen LogP contribution in [0.4, 0.5) is 0 Å². The average Bonchev–Trinajstić information content (AvgIpc) is 3.21. The van der Waals surface area contributed by atoms with Crippen LogP contribution in [0.2, 0.25) is 0 Å². The second kappa shape index (κ2) is 22.2. The molecule has 0 amide bonds. The molecule has 0 aliphatic carbocycles. The summed E-state index contributed by atoms with van der Waals surface area (Å²) in [5.41, 5.74) is 11.7. The molecule has 62 heavy (non-hydrogen) atoms. The number of nitrogens with zero attached hydrogens (tertiary/aromatic N) is 4. The summed E-state index contributed by atoms with van der Waals surface area (Å²) in [4.78, 5) is 10.9. The van der Waals surface area contributed by atoms with E-state index < -0.39 is 0 Å². The van der Waals surface area contributed by atoms with Crippen molar-refractivity contribution in [1.82, 2.24) is 19.6 Å². The molecule has 4 bridgehead atoms. The lowest BCUT2D eigenvalue weighted by Crippen LogP contribution is -2.59. The number of hydrogen-bond acceptors (Lipinski definition) is 4. The zero-order valence-corrected chi connectivity index (χ0v) is 42.7. The summed E-state index contributed by atoms with van der Waals surface area (Å²) in [5, 5.41) is 0. The molecule has 6 aliphatic heterocycles. The van der Waals surface area contributed by atoms with Gasteiger partial charge in [0.25, 0.3) is 0 Å². The van der Waals surface area contributed by atoms with E-state index in [0.717, 1.165) is 78.0 Å². The molecule has 6 aromatic carbocycles. The van der Waals surface area contributed by atoms with Crippen molar-refractivity contribution in [1.29, 1.82) is 0 Å². The SMILES string of the molecule is Brc1cccc(CN2CC3Cc4ccccc4CC2CN3Cc2cccc(Br)c2)c1.Brc1cccc(CN2CC3Cc4ccccc4CC2CN3Cc2cccc(Br)c2)c1.Cl.Cl. The Kier molecular flexibility index (Phi) is 17.1. The van der Waals surface area contributed by atoms with E-state index in [0.29, 0.717) is 24.2 Å². The molecule has 6 aromatic rings. The van der Waals surface area contributed by atoms with Crippen LogP contribution < -0.4 is 0 Å². The number of piperazine rings is 2. The van der Waals surface area contributed by atoms with Crippen LogP contribution in [0.1, 0.15) is 44.5 Å². The minimum atomic E-state index is 0. The second-order valence-electron chi connectivity index (χ2n) is 17.2. The van der Waals surface area contributed by atoms with E-state index >= 15 is 0 Å². The van der Waals surface area contributed by atoms with Crippen LogP contribution in [0, 0.1) is 0 Å². The summed E-state index contributed by atoms with van der Waals surface area (Å²) in [7, 11) is 0. The lowest BCUT2D eigenvalue weighted by molar-refractivity contribution is 0.0140. The second-order valence-corrected chi connectivity index (χ2v) is 20.9. The van der Waals surface area contributed by atoms with Gasteiger partial charge >= 0.3 is 0 Å². The molecule has 0 aromatic heterocycles. The summed E-state index contributed by atoms with van der Waals surface area (Å²) in [6, 6.07) is 55.4. The first-order chi connectivity index (χ1) is 29.3. The van der Waals surface area contributed by atoms with Crippen molar-refractivity contribution in [3.8, 4) is 0 Å². The van der Waals surface area contributed by atoms with Gasteiger partial charge in [-0.1, -0.05) is 161 Å². The van der Waals surface area contributed by atoms with Gasteiger partial charge in [0, 0.05) is 94.4 Å². The Balaban J connectivity index is 0.000000181. The fourth-order valence-corrected chi connectivity index (χ4v) is 11.9. The van der Waals surface area contributed by atoms with Crippen molar-refractivity contribution < 1.29 is 0 Å². The van der Waals surface area contributed by atoms with Crippen molar-refractivity contribution in [2.24, 2.45) is 0 Å². The Hall–Kier alpha value is -2.34. The van der Waals surface area contributed by atoms with Gasteiger partial charge < -0.3 is 0 Å². The third-order valence-electron chi connectivity index (χ3n) is 13.0. The van der Waals surface area contributed by atoms with E-state index in [9.17, 15) is 0 Å². The summed E-state index contributed by atoms with van der Waals surface area (Å²) in [6.07, 6.45) is 4.52. The molecule has 4 atom stereocenters. The van der Waals surface area contributed by atoms with Gasteiger partial charge in [0.2, 0.25) is 0 Å². The van der Waals surface area contributed by atoms with Crippen molar-refractivity contribution in [2.45, 2.75) is 76.0 Å². The van der Waals surface area contributed by atoms with E-state index in [-0.39, 0.29) is 24.8 Å². The van der Waals surface area contributed by atoms with E-state index in [1.165, 1.54) is 62.4 Å². The zero-order chi connectivity index (χ0) is 41.0. The van der Waals surface area contributed by atoms with Gasteiger partial charge in [-0.15, -0.1) is 24.8 Å². The summed E-state index contributed by atoms with van der Waals surface area (Å²) < 4.78 is 4.66. The number of hydrogen-bond donors (Lipinski definition) is 0. The van der Waals surface area contributed by atoms with Gasteiger partial charge in [-0.05, 0) is 119 Å². The van der Waals surface area contributed by atoms with Crippen molar-refractivity contribution in [3.63, 3.8) is 0 Å². The molecule has 2 saturated heterocycles. The van der Waals surface area contributed by atoms with Crippen LogP contribution in [0.3, 0.4) is 0 Å². The molecule has 12 rings (SSSR count). The Morgan fingerprint density at radius 2 is 0.548 bits per heavy atom. The summed E-state index contributed by atoms with van der Waals surface area (Å²) in [6.45, 7) is 8.58. The van der Waals surface area contributed by atoms with Crippen LogP contribution >= 0.6 is 88.5 Å². The minimum Gasteiger partial charge on any atom is -0.293 e. The topological polar surface area (TPSA) is 13.0 Å². The Morgan fingerprint density at radius 3 is 0.758 bits per heavy atom. The lowest BCUT2D eigenvalue weighted by atomic mass is 9.87. The zero-order valence-electron chi connectivity index (χ0n) is 34.8. The third kappa shape index (κ3) is 12.1. The van der Waals surface area contributed by atoms with E-state index in [4.69, 9.17) is 0 Å². The average molecular weight is 1130 g/mol. The smallest absolute Gasteiger partial charge is 0.0268 e. The highest BCUT2D eigenvalue weighted by Gasteiger charge is 2.38. The van der Waals surface area contributed by atoms with E-state index in [2.05, 4.69) is 229 Å². The number of halogens is 6. The van der Waals surface area contributed by atoms with Crippen LogP contribution in [0.25, 0.3) is 0 Å². The molecule has 0 N–H and O–H groups in total. The molecular weight excluding hydrogens is 1070 g/mol. The standard InChI is InChI=1S/2C26H26Br2N2.2ClH/c2*27-23-9-3-5-19(11-23)15-29-18-26-14-22-8-2-1-7-21(22)13-25(29)17-30(26)16-20-6-4-10-24(28)12-20;;/h2*1-12,25-26H,13-18H2;2*1H. The maximum atomic E-state index is 3.64. The van der Waals surface area contributed by atoms with Crippen molar-refractivity contribution >= 4 is 88.5 Å². The maximum Gasteiger partial charge on any atom is 0.0268 e. The largest absolute Gasteiger partial charge is 0.293 e. The van der Waals surface area contributed by atoms with Gasteiger partial charge in [-0.25, -0.2) is 0 Å². The Morgan fingerprint density at radius 1 is 0.323 bits per heavy atom. The molecule has 4 unspecified atom stereocenters. The van der Waals surface area contributed by atoms with Crippen LogP contribution in [0.15, 0.2) is 163 Å². The fraction of sp³-hybridized carbons (Fsp3) is 0.308. The highest BCUT2D eigenvalue weighted by molar-refractivity contribution is 9.11. The van der Waals surface area contributed by atoms with E-state index in [1.807, 2.05) is 0 Å². The van der Waals surface area contributed by atoms with Gasteiger partial charge in [0.1, 0.15) is 0 Å². The van der Waals surface area contributed by atoms with Crippen LogP contribution in [0.5, 0.6) is 0 Å². The predicted octanol–water partition coefficient (Wildman–Crippen LogP) is 13.0. The molecule has 6 heterocycles. The molecule has 6 aliphatic rings. The molecule has 0 saturated carbocycles. The van der Waals surface area contributed by atoms with E-state index in [1.54, 1.807) is 0 Å². The minimum absolute atomic E-state index is 0. The Labute approximate surface area is 414 Å². The molecule has 10 heteroatoms. The lowest BCUT2D eigenvalue weighted by Gasteiger charge is -2.49. The first-order valence-electron chi connectivity index (χ1n) is 21.4. The highest BCUT2D eigenvalue weighted by Crippen LogP contribution is 2.32. The first kappa shape index (κ1) is 47.6. The number of rotatable bonds is 8. The summed E-state index contributed by atoms with van der Waals surface area (Å²) >= 11 is 14.6. The number of benzene rings is 6.